The van der Waals surface area contributed by atoms with Gasteiger partial charge in [-0.15, -0.1) is 0 Å². The highest BCUT2D eigenvalue weighted by atomic mass is 16.5. The van der Waals surface area contributed by atoms with Crippen LogP contribution >= 0.6 is 0 Å². The summed E-state index contributed by atoms with van der Waals surface area (Å²) >= 11 is 0. The van der Waals surface area contributed by atoms with Crippen molar-refractivity contribution < 1.29 is 9.53 Å². The number of esters is 1. The first-order valence-corrected chi connectivity index (χ1v) is 8.01. The molecule has 1 saturated carbocycles. The minimum Gasteiger partial charge on any atom is -0.466 e. The first-order valence-electron chi connectivity index (χ1n) is 8.01. The molecule has 3 unspecified atom stereocenters. The van der Waals surface area contributed by atoms with Gasteiger partial charge in [0.15, 0.2) is 0 Å². The van der Waals surface area contributed by atoms with Crippen LogP contribution < -0.4 is 0 Å². The molecule has 0 N–H and O–H groups in total. The molecule has 3 heteroatoms. The second-order valence-electron chi connectivity index (χ2n) is 5.83. The molecule has 1 aliphatic rings. The summed E-state index contributed by atoms with van der Waals surface area (Å²) in [6, 6.07) is 0.372. The molecule has 19 heavy (non-hydrogen) atoms. The van der Waals surface area contributed by atoms with Gasteiger partial charge in [-0.2, -0.15) is 0 Å². The fourth-order valence-electron chi connectivity index (χ4n) is 3.51. The highest BCUT2D eigenvalue weighted by molar-refractivity contribution is 5.70. The third-order valence-corrected chi connectivity index (χ3v) is 4.48. The molecule has 1 rings (SSSR count). The maximum Gasteiger partial charge on any atom is 0.307 e. The average molecular weight is 269 g/mol. The van der Waals surface area contributed by atoms with E-state index >= 15 is 0 Å². The number of hydrogen-bond acceptors (Lipinski definition) is 3. The summed E-state index contributed by atoms with van der Waals surface area (Å²) in [5, 5.41) is 0. The summed E-state index contributed by atoms with van der Waals surface area (Å²) in [4.78, 5) is 14.3. The SMILES string of the molecule is CCOC(=O)CC(C1CCCC(C)C1)N(CC)CC. The Labute approximate surface area is 118 Å². The second kappa shape index (κ2) is 8.57. The molecule has 1 fully saturated rings. The highest BCUT2D eigenvalue weighted by Gasteiger charge is 2.31. The Morgan fingerprint density at radius 1 is 1.26 bits per heavy atom. The maximum absolute atomic E-state index is 11.9. The normalized spacial score (nSPS) is 25.3. The zero-order valence-electron chi connectivity index (χ0n) is 13.2. The van der Waals surface area contributed by atoms with Gasteiger partial charge >= 0.3 is 5.97 Å². The van der Waals surface area contributed by atoms with Gasteiger partial charge in [-0.25, -0.2) is 0 Å². The van der Waals surface area contributed by atoms with E-state index in [-0.39, 0.29) is 5.97 Å². The number of ether oxygens (including phenoxy) is 1. The van der Waals surface area contributed by atoms with Crippen LogP contribution in [0.5, 0.6) is 0 Å². The molecule has 3 atom stereocenters. The second-order valence-corrected chi connectivity index (χ2v) is 5.83. The molecular weight excluding hydrogens is 238 g/mol. The van der Waals surface area contributed by atoms with Crippen molar-refractivity contribution in [3.63, 3.8) is 0 Å². The summed E-state index contributed by atoms with van der Waals surface area (Å²) in [5.74, 6) is 1.43. The van der Waals surface area contributed by atoms with E-state index in [0.29, 0.717) is 25.0 Å². The number of carbonyl (C=O) groups is 1. The number of carbonyl (C=O) groups excluding carboxylic acids is 1. The fraction of sp³-hybridized carbons (Fsp3) is 0.938. The van der Waals surface area contributed by atoms with Gasteiger partial charge in [-0.05, 0) is 44.7 Å². The van der Waals surface area contributed by atoms with E-state index in [1.165, 1.54) is 25.7 Å². The van der Waals surface area contributed by atoms with Crippen molar-refractivity contribution in [3.8, 4) is 0 Å². The Bertz CT molecular complexity index is 263. The van der Waals surface area contributed by atoms with Crippen molar-refractivity contribution in [1.82, 2.24) is 4.90 Å². The van der Waals surface area contributed by atoms with Crippen LogP contribution in [-0.2, 0) is 9.53 Å². The number of nitrogens with zero attached hydrogens (tertiary/aromatic N) is 1. The zero-order valence-corrected chi connectivity index (χ0v) is 13.2. The Morgan fingerprint density at radius 2 is 1.95 bits per heavy atom. The lowest BCUT2D eigenvalue weighted by Gasteiger charge is -2.39. The standard InChI is InChI=1S/C16H31NO2/c1-5-17(6-2)15(12-16(18)19-7-3)14-10-8-9-13(4)11-14/h13-15H,5-12H2,1-4H3. The zero-order chi connectivity index (χ0) is 14.3. The Balaban J connectivity index is 2.69. The Hall–Kier alpha value is -0.570. The lowest BCUT2D eigenvalue weighted by Crippen LogP contribution is -2.43. The van der Waals surface area contributed by atoms with Crippen molar-refractivity contribution >= 4 is 5.97 Å². The highest BCUT2D eigenvalue weighted by Crippen LogP contribution is 2.34. The fourth-order valence-corrected chi connectivity index (χ4v) is 3.51. The molecule has 0 aliphatic heterocycles. The number of rotatable bonds is 7. The van der Waals surface area contributed by atoms with Crippen LogP contribution in [0.2, 0.25) is 0 Å². The molecular formula is C16H31NO2. The first kappa shape index (κ1) is 16.5. The van der Waals surface area contributed by atoms with E-state index in [2.05, 4.69) is 25.7 Å². The van der Waals surface area contributed by atoms with Gasteiger partial charge < -0.3 is 9.64 Å². The van der Waals surface area contributed by atoms with Gasteiger partial charge in [0.1, 0.15) is 0 Å². The first-order chi connectivity index (χ1) is 9.12. The molecule has 0 aromatic rings. The van der Waals surface area contributed by atoms with Crippen LogP contribution in [0.4, 0.5) is 0 Å². The molecule has 0 bridgehead atoms. The third-order valence-electron chi connectivity index (χ3n) is 4.48. The predicted molar refractivity (Wildman–Crippen MR) is 79.1 cm³/mol. The van der Waals surface area contributed by atoms with Gasteiger partial charge in [-0.1, -0.05) is 33.6 Å². The maximum atomic E-state index is 11.9. The van der Waals surface area contributed by atoms with E-state index in [1.807, 2.05) is 6.92 Å². The molecule has 0 spiro atoms. The predicted octanol–water partition coefficient (Wildman–Crippen LogP) is 3.48. The van der Waals surface area contributed by atoms with Crippen LogP contribution in [0, 0.1) is 11.8 Å². The monoisotopic (exact) mass is 269 g/mol. The summed E-state index contributed by atoms with van der Waals surface area (Å²) in [7, 11) is 0. The van der Waals surface area contributed by atoms with E-state index < -0.39 is 0 Å². The summed E-state index contributed by atoms with van der Waals surface area (Å²) in [5.41, 5.74) is 0. The van der Waals surface area contributed by atoms with Crippen LogP contribution in [0.15, 0.2) is 0 Å². The lowest BCUT2D eigenvalue weighted by atomic mass is 9.77. The van der Waals surface area contributed by atoms with Crippen molar-refractivity contribution in [2.75, 3.05) is 19.7 Å². The van der Waals surface area contributed by atoms with Gasteiger partial charge in [0.25, 0.3) is 0 Å². The van der Waals surface area contributed by atoms with Crippen LogP contribution in [0.3, 0.4) is 0 Å². The van der Waals surface area contributed by atoms with Crippen molar-refractivity contribution in [3.05, 3.63) is 0 Å². The van der Waals surface area contributed by atoms with E-state index in [0.717, 1.165) is 19.0 Å². The third kappa shape index (κ3) is 5.13. The van der Waals surface area contributed by atoms with Gasteiger partial charge in [0, 0.05) is 6.04 Å². The van der Waals surface area contributed by atoms with Crippen LogP contribution in [0.25, 0.3) is 0 Å². The minimum absolute atomic E-state index is 0.0300. The quantitative estimate of drug-likeness (QED) is 0.663. The minimum atomic E-state index is -0.0300. The molecule has 0 radical (unpaired) electrons. The molecule has 1 aliphatic carbocycles. The summed E-state index contributed by atoms with van der Waals surface area (Å²) in [6.07, 6.45) is 5.76. The van der Waals surface area contributed by atoms with Crippen LogP contribution in [-0.4, -0.2) is 36.6 Å². The van der Waals surface area contributed by atoms with E-state index in [9.17, 15) is 4.79 Å². The molecule has 112 valence electrons. The van der Waals surface area contributed by atoms with Crippen molar-refractivity contribution in [1.29, 1.82) is 0 Å². The Morgan fingerprint density at radius 3 is 2.47 bits per heavy atom. The molecule has 0 saturated heterocycles. The van der Waals surface area contributed by atoms with E-state index in [1.54, 1.807) is 0 Å². The number of hydrogen-bond donors (Lipinski definition) is 0. The van der Waals surface area contributed by atoms with Gasteiger partial charge in [0.2, 0.25) is 0 Å². The van der Waals surface area contributed by atoms with Crippen molar-refractivity contribution in [2.24, 2.45) is 11.8 Å². The molecule has 0 aromatic carbocycles. The molecule has 0 heterocycles. The topological polar surface area (TPSA) is 29.5 Å². The molecule has 0 amide bonds. The molecule has 3 nitrogen and oxygen atoms in total. The Kier molecular flexibility index (Phi) is 7.44. The van der Waals surface area contributed by atoms with Crippen LogP contribution in [0.1, 0.15) is 59.8 Å². The summed E-state index contributed by atoms with van der Waals surface area (Å²) < 4.78 is 5.16. The van der Waals surface area contributed by atoms with Crippen molar-refractivity contribution in [2.45, 2.75) is 65.8 Å². The van der Waals surface area contributed by atoms with Gasteiger partial charge in [0.05, 0.1) is 13.0 Å². The van der Waals surface area contributed by atoms with E-state index in [4.69, 9.17) is 4.74 Å². The largest absolute Gasteiger partial charge is 0.466 e. The smallest absolute Gasteiger partial charge is 0.307 e. The lowest BCUT2D eigenvalue weighted by molar-refractivity contribution is -0.145. The van der Waals surface area contributed by atoms with Gasteiger partial charge in [-0.3, -0.25) is 4.79 Å². The molecule has 0 aromatic heterocycles. The summed E-state index contributed by atoms with van der Waals surface area (Å²) in [6.45, 7) is 11.1. The average Bonchev–Trinajstić information content (AvgIpc) is 2.39.